The van der Waals surface area contributed by atoms with Crippen LogP contribution in [-0.4, -0.2) is 65.3 Å². The Morgan fingerprint density at radius 1 is 1.33 bits per heavy atom. The number of carboxylic acid groups (broad SMARTS) is 1. The molecule has 7 nitrogen and oxygen atoms in total. The molecule has 8 heteroatoms. The van der Waals surface area contributed by atoms with E-state index in [-0.39, 0.29) is 32.5 Å². The lowest BCUT2D eigenvalue weighted by Gasteiger charge is -2.34. The second-order valence-electron chi connectivity index (χ2n) is 7.34. The molecule has 0 bridgehead atoms. The van der Waals surface area contributed by atoms with Crippen LogP contribution in [0.15, 0.2) is 12.1 Å². The normalized spacial score (nSPS) is 19.0. The summed E-state index contributed by atoms with van der Waals surface area (Å²) in [5, 5.41) is 14.8. The SMILES string of the molecule is O=C(O)CN1CCC(F)(C(=O)NCCCc2ccc3c(n2)NCCC3)CC1. The third-order valence-corrected chi connectivity index (χ3v) is 5.26. The Morgan fingerprint density at radius 3 is 2.85 bits per heavy atom. The molecule has 0 unspecified atom stereocenters. The highest BCUT2D eigenvalue weighted by Crippen LogP contribution is 2.26. The number of amides is 1. The fourth-order valence-electron chi connectivity index (χ4n) is 3.62. The Bertz CT molecular complexity index is 690. The molecule has 2 aliphatic rings. The average molecular weight is 378 g/mol. The van der Waals surface area contributed by atoms with Crippen LogP contribution < -0.4 is 10.6 Å². The van der Waals surface area contributed by atoms with Gasteiger partial charge in [-0.1, -0.05) is 6.07 Å². The van der Waals surface area contributed by atoms with Crippen LogP contribution in [0.3, 0.4) is 0 Å². The number of aryl methyl sites for hydroxylation is 2. The largest absolute Gasteiger partial charge is 0.480 e. The van der Waals surface area contributed by atoms with E-state index >= 15 is 0 Å². The molecule has 3 heterocycles. The Morgan fingerprint density at radius 2 is 2.11 bits per heavy atom. The number of likely N-dealkylation sites (tertiary alicyclic amines) is 1. The number of pyridine rings is 1. The standard InChI is InChI=1S/C19H27FN4O3/c20-19(7-11-24(12-8-19)13-16(25)26)18(27)22-10-2-4-15-6-5-14-3-1-9-21-17(14)23-15/h5-6H,1-4,7-13H2,(H,21,23)(H,22,27)(H,25,26). The summed E-state index contributed by atoms with van der Waals surface area (Å²) in [5.41, 5.74) is 0.310. The molecule has 1 amide bonds. The van der Waals surface area contributed by atoms with Crippen LogP contribution in [0.4, 0.5) is 10.2 Å². The van der Waals surface area contributed by atoms with Gasteiger partial charge >= 0.3 is 5.97 Å². The van der Waals surface area contributed by atoms with E-state index in [1.807, 2.05) is 6.07 Å². The summed E-state index contributed by atoms with van der Waals surface area (Å²) < 4.78 is 14.8. The molecular weight excluding hydrogens is 351 g/mol. The van der Waals surface area contributed by atoms with Gasteiger partial charge in [0.05, 0.1) is 6.54 Å². The van der Waals surface area contributed by atoms with Gasteiger partial charge in [-0.3, -0.25) is 14.5 Å². The highest BCUT2D eigenvalue weighted by Gasteiger charge is 2.41. The van der Waals surface area contributed by atoms with Crippen LogP contribution in [0.1, 0.15) is 36.9 Å². The number of piperidine rings is 1. The monoisotopic (exact) mass is 378 g/mol. The van der Waals surface area contributed by atoms with Crippen molar-refractivity contribution in [2.75, 3.05) is 38.0 Å². The first kappa shape index (κ1) is 19.5. The molecule has 0 aliphatic carbocycles. The minimum Gasteiger partial charge on any atom is -0.480 e. The predicted octanol–water partition coefficient (Wildman–Crippen LogP) is 1.38. The van der Waals surface area contributed by atoms with Crippen molar-refractivity contribution in [2.24, 2.45) is 0 Å². The van der Waals surface area contributed by atoms with Crippen LogP contribution in [0.25, 0.3) is 0 Å². The van der Waals surface area contributed by atoms with E-state index in [0.717, 1.165) is 37.3 Å². The Labute approximate surface area is 158 Å². The summed E-state index contributed by atoms with van der Waals surface area (Å²) in [7, 11) is 0. The molecule has 27 heavy (non-hydrogen) atoms. The lowest BCUT2D eigenvalue weighted by Crippen LogP contribution is -2.52. The summed E-state index contributed by atoms with van der Waals surface area (Å²) in [5.74, 6) is -0.562. The van der Waals surface area contributed by atoms with Crippen LogP contribution in [0.2, 0.25) is 0 Å². The zero-order valence-electron chi connectivity index (χ0n) is 15.5. The molecule has 3 rings (SSSR count). The van der Waals surface area contributed by atoms with Crippen molar-refractivity contribution in [3.8, 4) is 0 Å². The summed E-state index contributed by atoms with van der Waals surface area (Å²) >= 11 is 0. The molecule has 148 valence electrons. The number of rotatable bonds is 7. The fourth-order valence-corrected chi connectivity index (χ4v) is 3.62. The third-order valence-electron chi connectivity index (χ3n) is 5.26. The van der Waals surface area contributed by atoms with Crippen molar-refractivity contribution in [3.05, 3.63) is 23.4 Å². The molecule has 1 saturated heterocycles. The third kappa shape index (κ3) is 5.15. The second-order valence-corrected chi connectivity index (χ2v) is 7.34. The van der Waals surface area contributed by atoms with E-state index < -0.39 is 17.5 Å². The van der Waals surface area contributed by atoms with Gasteiger partial charge in [-0.25, -0.2) is 9.37 Å². The quantitative estimate of drug-likeness (QED) is 0.621. The Balaban J connectivity index is 1.40. The van der Waals surface area contributed by atoms with Gasteiger partial charge in [0.1, 0.15) is 5.82 Å². The Kier molecular flexibility index (Phi) is 6.26. The van der Waals surface area contributed by atoms with Gasteiger partial charge in [-0.15, -0.1) is 0 Å². The van der Waals surface area contributed by atoms with E-state index in [2.05, 4.69) is 21.7 Å². The number of anilines is 1. The van der Waals surface area contributed by atoms with Gasteiger partial charge < -0.3 is 15.7 Å². The highest BCUT2D eigenvalue weighted by molar-refractivity contribution is 5.85. The number of carbonyl (C=O) groups excluding carboxylic acids is 1. The lowest BCUT2D eigenvalue weighted by atomic mass is 9.92. The first-order valence-corrected chi connectivity index (χ1v) is 9.60. The van der Waals surface area contributed by atoms with Crippen molar-refractivity contribution in [2.45, 2.75) is 44.2 Å². The summed E-state index contributed by atoms with van der Waals surface area (Å²) in [6.45, 7) is 1.79. The van der Waals surface area contributed by atoms with Crippen LogP contribution in [-0.2, 0) is 22.4 Å². The topological polar surface area (TPSA) is 94.6 Å². The zero-order chi connectivity index (χ0) is 19.3. The lowest BCUT2D eigenvalue weighted by molar-refractivity contribution is -0.140. The van der Waals surface area contributed by atoms with Gasteiger partial charge in [-0.05, 0) is 37.3 Å². The fraction of sp³-hybridized carbons (Fsp3) is 0.632. The van der Waals surface area contributed by atoms with E-state index in [1.54, 1.807) is 4.90 Å². The molecule has 1 fully saturated rings. The predicted molar refractivity (Wildman–Crippen MR) is 99.5 cm³/mol. The minimum absolute atomic E-state index is 0.0319. The van der Waals surface area contributed by atoms with Crippen molar-refractivity contribution >= 4 is 17.7 Å². The molecule has 3 N–H and O–H groups in total. The van der Waals surface area contributed by atoms with Crippen molar-refractivity contribution in [1.82, 2.24) is 15.2 Å². The number of hydrogen-bond acceptors (Lipinski definition) is 5. The number of fused-ring (bicyclic) bond motifs is 1. The molecular formula is C19H27FN4O3. The highest BCUT2D eigenvalue weighted by atomic mass is 19.1. The van der Waals surface area contributed by atoms with Gasteiger partial charge in [0, 0.05) is 44.7 Å². The second kappa shape index (κ2) is 8.65. The van der Waals surface area contributed by atoms with Crippen molar-refractivity contribution in [3.63, 3.8) is 0 Å². The first-order chi connectivity index (χ1) is 13.0. The van der Waals surface area contributed by atoms with Gasteiger partial charge in [0.15, 0.2) is 5.67 Å². The number of nitrogens with zero attached hydrogens (tertiary/aromatic N) is 2. The number of alkyl halides is 1. The van der Waals surface area contributed by atoms with E-state index in [1.165, 1.54) is 5.56 Å². The molecule has 0 radical (unpaired) electrons. The minimum atomic E-state index is -1.90. The van der Waals surface area contributed by atoms with Gasteiger partial charge in [0.25, 0.3) is 5.91 Å². The van der Waals surface area contributed by atoms with Gasteiger partial charge in [0.2, 0.25) is 0 Å². The number of carbonyl (C=O) groups is 2. The van der Waals surface area contributed by atoms with E-state index in [9.17, 15) is 14.0 Å². The van der Waals surface area contributed by atoms with Crippen LogP contribution in [0, 0.1) is 0 Å². The van der Waals surface area contributed by atoms with E-state index in [4.69, 9.17) is 5.11 Å². The number of hydrogen-bond donors (Lipinski definition) is 3. The molecule has 1 aromatic rings. The number of nitrogens with one attached hydrogen (secondary N) is 2. The molecule has 0 atom stereocenters. The molecule has 2 aliphatic heterocycles. The maximum absolute atomic E-state index is 14.8. The molecule has 0 saturated carbocycles. The van der Waals surface area contributed by atoms with Gasteiger partial charge in [-0.2, -0.15) is 0 Å². The summed E-state index contributed by atoms with van der Waals surface area (Å²) in [6, 6.07) is 4.12. The first-order valence-electron chi connectivity index (χ1n) is 9.60. The van der Waals surface area contributed by atoms with Crippen molar-refractivity contribution in [1.29, 1.82) is 0 Å². The van der Waals surface area contributed by atoms with Crippen LogP contribution in [0.5, 0.6) is 0 Å². The number of aromatic nitrogens is 1. The average Bonchev–Trinajstić information content (AvgIpc) is 2.66. The molecule has 0 aromatic carbocycles. The Hall–Kier alpha value is -2.22. The van der Waals surface area contributed by atoms with Crippen LogP contribution >= 0.6 is 0 Å². The summed E-state index contributed by atoms with van der Waals surface area (Å²) in [4.78, 5) is 29.2. The molecule has 0 spiro atoms. The molecule has 1 aromatic heterocycles. The summed E-state index contributed by atoms with van der Waals surface area (Å²) in [6.07, 6.45) is 3.65. The van der Waals surface area contributed by atoms with Crippen molar-refractivity contribution < 1.29 is 19.1 Å². The number of halogens is 1. The van der Waals surface area contributed by atoms with E-state index in [0.29, 0.717) is 13.0 Å². The smallest absolute Gasteiger partial charge is 0.317 e. The number of aliphatic carboxylic acids is 1. The zero-order valence-corrected chi connectivity index (χ0v) is 15.5. The number of carboxylic acids is 1. The maximum atomic E-state index is 14.8. The maximum Gasteiger partial charge on any atom is 0.317 e.